The smallest absolute Gasteiger partial charge is 0.0443 e. The van der Waals surface area contributed by atoms with Crippen LogP contribution in [0.5, 0.6) is 0 Å². The molecular weight excluding hydrogens is 250 g/mol. The van der Waals surface area contributed by atoms with Gasteiger partial charge in [0.2, 0.25) is 0 Å². The van der Waals surface area contributed by atoms with E-state index in [1.165, 1.54) is 35.5 Å². The lowest BCUT2D eigenvalue weighted by atomic mass is 9.92. The van der Waals surface area contributed by atoms with Crippen molar-refractivity contribution in [1.29, 1.82) is 0 Å². The second-order valence-electron chi connectivity index (χ2n) is 4.60. The monoisotopic (exact) mass is 269 g/mol. The highest BCUT2D eigenvalue weighted by Gasteiger charge is 2.18. The molecule has 0 amide bonds. The molecule has 1 aromatic carbocycles. The molecule has 17 heavy (non-hydrogen) atoms. The molecule has 0 unspecified atom stereocenters. The number of rotatable bonds is 4. The van der Waals surface area contributed by atoms with Gasteiger partial charge in [-0.05, 0) is 67.5 Å². The molecule has 0 spiro atoms. The Hall–Kier alpha value is -0.180. The first kappa shape index (κ1) is 13.3. The minimum atomic E-state index is 0.683. The van der Waals surface area contributed by atoms with Crippen LogP contribution in [0.2, 0.25) is 5.02 Å². The van der Waals surface area contributed by atoms with E-state index in [0.29, 0.717) is 5.92 Å². The third-order valence-electron chi connectivity index (χ3n) is 3.39. The van der Waals surface area contributed by atoms with Gasteiger partial charge in [-0.15, -0.1) is 0 Å². The van der Waals surface area contributed by atoms with Crippen molar-refractivity contribution < 1.29 is 0 Å². The Morgan fingerprint density at radius 1 is 1.35 bits per heavy atom. The number of nitrogens with one attached hydrogen (secondary N) is 1. The van der Waals surface area contributed by atoms with Crippen molar-refractivity contribution in [2.45, 2.75) is 25.2 Å². The highest BCUT2D eigenvalue weighted by atomic mass is 35.5. The number of halogens is 1. The summed E-state index contributed by atoms with van der Waals surface area (Å²) in [6.07, 6.45) is 3.61. The summed E-state index contributed by atoms with van der Waals surface area (Å²) < 4.78 is 0. The van der Waals surface area contributed by atoms with Crippen LogP contribution in [0.15, 0.2) is 18.2 Å². The fourth-order valence-electron chi connectivity index (χ4n) is 2.34. The number of likely N-dealkylation sites (N-methyl/N-ethyl adjacent to an activating group) is 1. The van der Waals surface area contributed by atoms with Gasteiger partial charge in [-0.3, -0.25) is 0 Å². The Kier molecular flexibility index (Phi) is 5.20. The number of thioether (sulfide) groups is 1. The zero-order valence-electron chi connectivity index (χ0n) is 10.3. The van der Waals surface area contributed by atoms with E-state index in [4.69, 9.17) is 11.6 Å². The average molecular weight is 270 g/mol. The molecule has 1 heterocycles. The van der Waals surface area contributed by atoms with Crippen molar-refractivity contribution in [3.8, 4) is 0 Å². The Labute approximate surface area is 113 Å². The predicted molar refractivity (Wildman–Crippen MR) is 78.4 cm³/mol. The second-order valence-corrected chi connectivity index (χ2v) is 6.23. The third-order valence-corrected chi connectivity index (χ3v) is 4.77. The third kappa shape index (κ3) is 3.64. The Balaban J connectivity index is 2.07. The number of hydrogen-bond acceptors (Lipinski definition) is 2. The van der Waals surface area contributed by atoms with Crippen LogP contribution in [0.3, 0.4) is 0 Å². The summed E-state index contributed by atoms with van der Waals surface area (Å²) in [6, 6.07) is 6.63. The van der Waals surface area contributed by atoms with Crippen molar-refractivity contribution in [2.75, 3.05) is 25.1 Å². The quantitative estimate of drug-likeness (QED) is 0.894. The molecule has 1 fully saturated rings. The van der Waals surface area contributed by atoms with Crippen molar-refractivity contribution >= 4 is 23.4 Å². The van der Waals surface area contributed by atoms with Crippen LogP contribution in [0.1, 0.15) is 29.9 Å². The van der Waals surface area contributed by atoms with E-state index >= 15 is 0 Å². The summed E-state index contributed by atoms with van der Waals surface area (Å²) in [7, 11) is 1.98. The summed E-state index contributed by atoms with van der Waals surface area (Å²) in [5.41, 5.74) is 2.69. The Morgan fingerprint density at radius 3 is 2.76 bits per heavy atom. The molecule has 0 aliphatic carbocycles. The van der Waals surface area contributed by atoms with Gasteiger partial charge in [-0.2, -0.15) is 11.8 Å². The fourth-order valence-corrected chi connectivity index (χ4v) is 3.80. The minimum Gasteiger partial charge on any atom is -0.319 e. The van der Waals surface area contributed by atoms with E-state index in [-0.39, 0.29) is 0 Å². The van der Waals surface area contributed by atoms with Gasteiger partial charge in [-0.25, -0.2) is 0 Å². The summed E-state index contributed by atoms with van der Waals surface area (Å²) in [5, 5.41) is 4.14. The molecule has 1 nitrogen and oxygen atoms in total. The van der Waals surface area contributed by atoms with Gasteiger partial charge in [0.1, 0.15) is 0 Å². The van der Waals surface area contributed by atoms with E-state index in [0.717, 1.165) is 18.0 Å². The summed E-state index contributed by atoms with van der Waals surface area (Å²) >= 11 is 8.48. The van der Waals surface area contributed by atoms with Gasteiger partial charge in [0.25, 0.3) is 0 Å². The van der Waals surface area contributed by atoms with E-state index in [1.54, 1.807) is 0 Å². The minimum absolute atomic E-state index is 0.683. The largest absolute Gasteiger partial charge is 0.319 e. The van der Waals surface area contributed by atoms with Crippen LogP contribution in [0.25, 0.3) is 0 Å². The standard InChI is InChI=1S/C14H20ClNS/c1-16-7-4-11-2-3-13(14(15)10-11)12-5-8-17-9-6-12/h2-3,10,12,16H,4-9H2,1H3. The fraction of sp³-hybridized carbons (Fsp3) is 0.571. The zero-order chi connectivity index (χ0) is 12.1. The highest BCUT2D eigenvalue weighted by Crippen LogP contribution is 2.35. The molecule has 3 heteroatoms. The van der Waals surface area contributed by atoms with E-state index in [1.807, 2.05) is 7.05 Å². The normalized spacial score (nSPS) is 17.3. The summed E-state index contributed by atoms with van der Waals surface area (Å²) in [5.74, 6) is 3.24. The molecule has 0 bridgehead atoms. The van der Waals surface area contributed by atoms with Crippen LogP contribution < -0.4 is 5.32 Å². The van der Waals surface area contributed by atoms with Crippen molar-refractivity contribution in [3.05, 3.63) is 34.3 Å². The first-order valence-electron chi connectivity index (χ1n) is 6.32. The molecule has 0 radical (unpaired) electrons. The maximum absolute atomic E-state index is 6.41. The molecule has 2 rings (SSSR count). The van der Waals surface area contributed by atoms with Gasteiger partial charge in [0.15, 0.2) is 0 Å². The second kappa shape index (κ2) is 6.67. The van der Waals surface area contributed by atoms with Crippen LogP contribution in [-0.4, -0.2) is 25.1 Å². The maximum Gasteiger partial charge on any atom is 0.0443 e. The van der Waals surface area contributed by atoms with Crippen LogP contribution in [0, 0.1) is 0 Å². The summed E-state index contributed by atoms with van der Waals surface area (Å²) in [4.78, 5) is 0. The van der Waals surface area contributed by atoms with E-state index in [9.17, 15) is 0 Å². The molecule has 1 aliphatic rings. The Morgan fingerprint density at radius 2 is 2.12 bits per heavy atom. The van der Waals surface area contributed by atoms with Gasteiger partial charge in [0.05, 0.1) is 0 Å². The van der Waals surface area contributed by atoms with Crippen LogP contribution in [-0.2, 0) is 6.42 Å². The maximum atomic E-state index is 6.41. The molecular formula is C14H20ClNS. The SMILES string of the molecule is CNCCc1ccc(C2CCSCC2)c(Cl)c1. The van der Waals surface area contributed by atoms with E-state index < -0.39 is 0 Å². The molecule has 1 aromatic rings. The molecule has 1 aliphatic heterocycles. The molecule has 0 saturated carbocycles. The first-order valence-corrected chi connectivity index (χ1v) is 7.85. The van der Waals surface area contributed by atoms with Crippen molar-refractivity contribution in [2.24, 2.45) is 0 Å². The highest BCUT2D eigenvalue weighted by molar-refractivity contribution is 7.99. The first-order chi connectivity index (χ1) is 8.31. The average Bonchev–Trinajstić information content (AvgIpc) is 2.37. The van der Waals surface area contributed by atoms with Crippen LogP contribution in [0.4, 0.5) is 0 Å². The lowest BCUT2D eigenvalue weighted by molar-refractivity contribution is 0.637. The molecule has 1 saturated heterocycles. The number of benzene rings is 1. The van der Waals surface area contributed by atoms with E-state index in [2.05, 4.69) is 35.3 Å². The van der Waals surface area contributed by atoms with Gasteiger partial charge < -0.3 is 5.32 Å². The molecule has 0 atom stereocenters. The Bertz CT molecular complexity index is 361. The lowest BCUT2D eigenvalue weighted by Gasteiger charge is -2.23. The molecule has 94 valence electrons. The molecule has 0 aromatic heterocycles. The van der Waals surface area contributed by atoms with Gasteiger partial charge in [-0.1, -0.05) is 23.7 Å². The van der Waals surface area contributed by atoms with Crippen LogP contribution >= 0.6 is 23.4 Å². The predicted octanol–water partition coefficient (Wildman–Crippen LogP) is 3.71. The molecule has 1 N–H and O–H groups in total. The van der Waals surface area contributed by atoms with Gasteiger partial charge in [0, 0.05) is 5.02 Å². The lowest BCUT2D eigenvalue weighted by Crippen LogP contribution is -2.11. The van der Waals surface area contributed by atoms with Crippen molar-refractivity contribution in [1.82, 2.24) is 5.32 Å². The number of hydrogen-bond donors (Lipinski definition) is 1. The van der Waals surface area contributed by atoms with Crippen molar-refractivity contribution in [3.63, 3.8) is 0 Å². The summed E-state index contributed by atoms with van der Waals surface area (Å²) in [6.45, 7) is 1.01. The zero-order valence-corrected chi connectivity index (χ0v) is 11.9. The van der Waals surface area contributed by atoms with Gasteiger partial charge >= 0.3 is 0 Å². The topological polar surface area (TPSA) is 12.0 Å².